The summed E-state index contributed by atoms with van der Waals surface area (Å²) in [5, 5.41) is 10.8. The highest BCUT2D eigenvalue weighted by Crippen LogP contribution is 2.40. The van der Waals surface area contributed by atoms with E-state index in [-0.39, 0.29) is 23.9 Å². The molecule has 0 unspecified atom stereocenters. The van der Waals surface area contributed by atoms with Gasteiger partial charge in [-0.15, -0.1) is 0 Å². The molecule has 2 heterocycles. The topological polar surface area (TPSA) is 99.0 Å². The lowest BCUT2D eigenvalue weighted by Gasteiger charge is -2.12. The Morgan fingerprint density at radius 3 is 2.71 bits per heavy atom. The van der Waals surface area contributed by atoms with Gasteiger partial charge in [0.1, 0.15) is 0 Å². The summed E-state index contributed by atoms with van der Waals surface area (Å²) in [6.45, 7) is 0.0351. The molecule has 2 aliphatic heterocycles. The summed E-state index contributed by atoms with van der Waals surface area (Å²) in [6.07, 6.45) is 1.52. The third-order valence-electron chi connectivity index (χ3n) is 4.11. The predicted octanol–water partition coefficient (Wildman–Crippen LogP) is 4.21. The van der Waals surface area contributed by atoms with E-state index in [4.69, 9.17) is 21.1 Å². The van der Waals surface area contributed by atoms with Crippen LogP contribution >= 0.6 is 23.4 Å². The van der Waals surface area contributed by atoms with E-state index in [1.807, 2.05) is 0 Å². The van der Waals surface area contributed by atoms with E-state index >= 15 is 0 Å². The van der Waals surface area contributed by atoms with E-state index in [1.165, 1.54) is 24.3 Å². The molecule has 1 fully saturated rings. The first kappa shape index (κ1) is 18.3. The SMILES string of the molecule is O=C1S/C(=C\c2cc3c(cc2Cl)OCO3)C(=O)N1Cc1cccc([N+](=O)[O-])c1. The van der Waals surface area contributed by atoms with Gasteiger partial charge in [0.25, 0.3) is 16.8 Å². The molecule has 2 amide bonds. The number of non-ortho nitro benzene ring substituents is 1. The molecule has 142 valence electrons. The van der Waals surface area contributed by atoms with E-state index in [2.05, 4.69) is 0 Å². The van der Waals surface area contributed by atoms with Crippen molar-refractivity contribution in [3.63, 3.8) is 0 Å². The van der Waals surface area contributed by atoms with Crippen molar-refractivity contribution in [2.45, 2.75) is 6.54 Å². The molecule has 0 saturated carbocycles. The van der Waals surface area contributed by atoms with Crippen molar-refractivity contribution in [1.82, 2.24) is 4.90 Å². The van der Waals surface area contributed by atoms with Gasteiger partial charge in [-0.1, -0.05) is 23.7 Å². The van der Waals surface area contributed by atoms with Gasteiger partial charge in [-0.25, -0.2) is 0 Å². The number of halogens is 1. The number of carbonyl (C=O) groups excluding carboxylic acids is 2. The van der Waals surface area contributed by atoms with Crippen LogP contribution in [0.4, 0.5) is 10.5 Å². The van der Waals surface area contributed by atoms with Crippen LogP contribution in [0.2, 0.25) is 5.02 Å². The van der Waals surface area contributed by atoms with Gasteiger partial charge in [0.05, 0.1) is 21.4 Å². The van der Waals surface area contributed by atoms with Crippen LogP contribution in [0, 0.1) is 10.1 Å². The molecule has 1 saturated heterocycles. The number of hydrogen-bond acceptors (Lipinski definition) is 7. The second kappa shape index (κ2) is 7.17. The smallest absolute Gasteiger partial charge is 0.293 e. The summed E-state index contributed by atoms with van der Waals surface area (Å²) in [5.41, 5.74) is 0.901. The zero-order valence-corrected chi connectivity index (χ0v) is 15.7. The Balaban J connectivity index is 1.58. The summed E-state index contributed by atoms with van der Waals surface area (Å²) >= 11 is 7.00. The maximum Gasteiger partial charge on any atom is 0.293 e. The molecule has 8 nitrogen and oxygen atoms in total. The third kappa shape index (κ3) is 3.41. The van der Waals surface area contributed by atoms with Crippen molar-refractivity contribution in [2.75, 3.05) is 6.79 Å². The summed E-state index contributed by atoms with van der Waals surface area (Å²) in [4.78, 5) is 36.6. The number of thioether (sulfide) groups is 1. The molecular formula is C18H11ClN2O6S. The van der Waals surface area contributed by atoms with E-state index in [9.17, 15) is 19.7 Å². The molecule has 2 aromatic carbocycles. The van der Waals surface area contributed by atoms with Crippen molar-refractivity contribution in [1.29, 1.82) is 0 Å². The Morgan fingerprint density at radius 1 is 1.21 bits per heavy atom. The highest BCUT2D eigenvalue weighted by molar-refractivity contribution is 8.18. The van der Waals surface area contributed by atoms with Gasteiger partial charge in [-0.3, -0.25) is 24.6 Å². The Morgan fingerprint density at radius 2 is 1.96 bits per heavy atom. The highest BCUT2D eigenvalue weighted by atomic mass is 35.5. The first-order valence-corrected chi connectivity index (χ1v) is 9.19. The summed E-state index contributed by atoms with van der Waals surface area (Å²) in [5.74, 6) is 0.530. The normalized spacial score (nSPS) is 16.9. The van der Waals surface area contributed by atoms with E-state index in [0.29, 0.717) is 27.6 Å². The lowest BCUT2D eigenvalue weighted by Crippen LogP contribution is -2.27. The molecule has 0 atom stereocenters. The quantitative estimate of drug-likeness (QED) is 0.416. The largest absolute Gasteiger partial charge is 0.454 e. The van der Waals surface area contributed by atoms with Crippen LogP contribution in [0.3, 0.4) is 0 Å². The molecule has 10 heteroatoms. The minimum absolute atomic E-state index is 0.0570. The van der Waals surface area contributed by atoms with Crippen LogP contribution in [0.1, 0.15) is 11.1 Å². The van der Waals surface area contributed by atoms with E-state index in [1.54, 1.807) is 18.2 Å². The van der Waals surface area contributed by atoms with Gasteiger partial charge in [0.2, 0.25) is 6.79 Å². The number of imide groups is 1. The second-order valence-electron chi connectivity index (χ2n) is 5.92. The number of nitrogens with zero attached hydrogens (tertiary/aromatic N) is 2. The number of benzene rings is 2. The molecule has 2 aliphatic rings. The van der Waals surface area contributed by atoms with Crippen molar-refractivity contribution in [3.05, 3.63) is 67.6 Å². The first-order valence-electron chi connectivity index (χ1n) is 8.00. The van der Waals surface area contributed by atoms with Gasteiger partial charge < -0.3 is 9.47 Å². The van der Waals surface area contributed by atoms with Gasteiger partial charge in [-0.05, 0) is 35.0 Å². The molecule has 0 aliphatic carbocycles. The number of amides is 2. The van der Waals surface area contributed by atoms with Gasteiger partial charge in [0, 0.05) is 18.2 Å². The average molecular weight is 419 g/mol. The lowest BCUT2D eigenvalue weighted by molar-refractivity contribution is -0.384. The molecule has 4 rings (SSSR count). The predicted molar refractivity (Wildman–Crippen MR) is 102 cm³/mol. The number of fused-ring (bicyclic) bond motifs is 1. The fourth-order valence-corrected chi connectivity index (χ4v) is 3.81. The maximum atomic E-state index is 12.7. The van der Waals surface area contributed by atoms with Crippen LogP contribution < -0.4 is 9.47 Å². The monoisotopic (exact) mass is 418 g/mol. The van der Waals surface area contributed by atoms with Crippen molar-refractivity contribution < 1.29 is 24.0 Å². The van der Waals surface area contributed by atoms with Crippen LogP contribution in [-0.4, -0.2) is 27.8 Å². The number of ether oxygens (including phenoxy) is 2. The average Bonchev–Trinajstić information content (AvgIpc) is 3.21. The molecule has 0 aromatic heterocycles. The van der Waals surface area contributed by atoms with Crippen LogP contribution in [0.15, 0.2) is 41.3 Å². The van der Waals surface area contributed by atoms with Crippen molar-refractivity contribution in [2.24, 2.45) is 0 Å². The molecule has 2 aromatic rings. The standard InChI is InChI=1S/C18H11ClN2O6S/c19-13-7-15-14(26-9-27-15)5-11(13)6-16-17(22)20(18(23)28-16)8-10-2-1-3-12(4-10)21(24)25/h1-7H,8-9H2/b16-6-. The van der Waals surface area contributed by atoms with Crippen molar-refractivity contribution >= 4 is 46.3 Å². The Hall–Kier alpha value is -3.04. The Bertz CT molecular complexity index is 1050. The molecule has 0 N–H and O–H groups in total. The second-order valence-corrected chi connectivity index (χ2v) is 7.32. The molecule has 0 spiro atoms. The molecular weight excluding hydrogens is 408 g/mol. The summed E-state index contributed by atoms with van der Waals surface area (Å²) < 4.78 is 10.5. The van der Waals surface area contributed by atoms with Gasteiger partial charge in [0.15, 0.2) is 11.5 Å². The number of nitro groups is 1. The third-order valence-corrected chi connectivity index (χ3v) is 5.35. The first-order chi connectivity index (χ1) is 13.4. The minimum atomic E-state index is -0.529. The van der Waals surface area contributed by atoms with Gasteiger partial charge >= 0.3 is 0 Å². The Kier molecular flexibility index (Phi) is 4.70. The highest BCUT2D eigenvalue weighted by Gasteiger charge is 2.35. The number of rotatable bonds is 4. The minimum Gasteiger partial charge on any atom is -0.454 e. The van der Waals surface area contributed by atoms with Gasteiger partial charge in [-0.2, -0.15) is 0 Å². The fourth-order valence-electron chi connectivity index (χ4n) is 2.77. The van der Waals surface area contributed by atoms with Crippen LogP contribution in [0.25, 0.3) is 6.08 Å². The van der Waals surface area contributed by atoms with Crippen molar-refractivity contribution in [3.8, 4) is 11.5 Å². The number of nitro benzene ring substituents is 1. The maximum absolute atomic E-state index is 12.7. The zero-order valence-electron chi connectivity index (χ0n) is 14.1. The Labute approximate surface area is 167 Å². The zero-order chi connectivity index (χ0) is 19.8. The molecule has 0 bridgehead atoms. The van der Waals surface area contributed by atoms with E-state index in [0.717, 1.165) is 16.7 Å². The molecule has 28 heavy (non-hydrogen) atoms. The molecule has 0 radical (unpaired) electrons. The summed E-state index contributed by atoms with van der Waals surface area (Å²) in [6, 6.07) is 9.03. The fraction of sp³-hybridized carbons (Fsp3) is 0.111. The summed E-state index contributed by atoms with van der Waals surface area (Å²) in [7, 11) is 0. The van der Waals surface area contributed by atoms with Crippen LogP contribution in [0.5, 0.6) is 11.5 Å². The number of carbonyl (C=O) groups is 2. The van der Waals surface area contributed by atoms with E-state index < -0.39 is 16.1 Å². The number of hydrogen-bond donors (Lipinski definition) is 0. The van der Waals surface area contributed by atoms with Crippen LogP contribution in [-0.2, 0) is 11.3 Å². The lowest BCUT2D eigenvalue weighted by atomic mass is 10.1.